The van der Waals surface area contributed by atoms with Crippen LogP contribution in [0.15, 0.2) is 0 Å². The van der Waals surface area contributed by atoms with Gasteiger partial charge in [0.2, 0.25) is 5.91 Å². The van der Waals surface area contributed by atoms with Gasteiger partial charge in [-0.2, -0.15) is 0 Å². The summed E-state index contributed by atoms with van der Waals surface area (Å²) in [6.07, 6.45) is 1.06. The molecule has 23 heavy (non-hydrogen) atoms. The molecule has 0 aromatic carbocycles. The molecule has 0 spiro atoms. The average molecular weight is 328 g/mol. The van der Waals surface area contributed by atoms with Crippen LogP contribution >= 0.6 is 0 Å². The summed E-state index contributed by atoms with van der Waals surface area (Å²) < 4.78 is 10.7. The quantitative estimate of drug-likeness (QED) is 0.813. The molecule has 2 rings (SSSR count). The zero-order valence-electron chi connectivity index (χ0n) is 14.3. The summed E-state index contributed by atoms with van der Waals surface area (Å²) in [5.41, 5.74) is -0.555. The minimum Gasteiger partial charge on any atom is -0.444 e. The van der Waals surface area contributed by atoms with Crippen LogP contribution in [0.3, 0.4) is 0 Å². The van der Waals surface area contributed by atoms with Crippen molar-refractivity contribution >= 4 is 12.0 Å². The van der Waals surface area contributed by atoms with Crippen LogP contribution in [-0.4, -0.2) is 78.0 Å². The van der Waals surface area contributed by atoms with Gasteiger partial charge in [-0.25, -0.2) is 4.79 Å². The first-order valence-corrected chi connectivity index (χ1v) is 8.29. The fourth-order valence-electron chi connectivity index (χ4n) is 2.97. The zero-order chi connectivity index (χ0) is 17.0. The summed E-state index contributed by atoms with van der Waals surface area (Å²) in [5, 5.41) is 9.64. The molecule has 0 radical (unpaired) electrons. The predicted molar refractivity (Wildman–Crippen MR) is 83.9 cm³/mol. The van der Waals surface area contributed by atoms with Crippen molar-refractivity contribution in [1.82, 2.24) is 9.80 Å². The Morgan fingerprint density at radius 3 is 2.43 bits per heavy atom. The SMILES string of the molecule is CC(C)(C)OC(=O)N1CCN(C(=O)C2CCOCC2)C(CO)C1. The van der Waals surface area contributed by atoms with E-state index in [0.717, 1.165) is 12.8 Å². The molecule has 0 bridgehead atoms. The Morgan fingerprint density at radius 2 is 1.87 bits per heavy atom. The number of hydrogen-bond acceptors (Lipinski definition) is 5. The first-order chi connectivity index (χ1) is 10.8. The van der Waals surface area contributed by atoms with E-state index in [1.54, 1.807) is 9.80 Å². The highest BCUT2D eigenvalue weighted by atomic mass is 16.6. The van der Waals surface area contributed by atoms with Crippen LogP contribution in [0.5, 0.6) is 0 Å². The molecule has 2 amide bonds. The third kappa shape index (κ3) is 4.81. The van der Waals surface area contributed by atoms with E-state index in [1.165, 1.54) is 0 Å². The summed E-state index contributed by atoms with van der Waals surface area (Å²) in [7, 11) is 0. The van der Waals surface area contributed by atoms with E-state index in [2.05, 4.69) is 0 Å². The van der Waals surface area contributed by atoms with Crippen molar-refractivity contribution in [2.45, 2.75) is 45.3 Å². The highest BCUT2D eigenvalue weighted by molar-refractivity contribution is 5.80. The molecule has 1 atom stereocenters. The van der Waals surface area contributed by atoms with Gasteiger partial charge in [0.1, 0.15) is 5.60 Å². The largest absolute Gasteiger partial charge is 0.444 e. The lowest BCUT2D eigenvalue weighted by atomic mass is 9.97. The molecule has 132 valence electrons. The van der Waals surface area contributed by atoms with E-state index >= 15 is 0 Å². The Labute approximate surface area is 137 Å². The fourth-order valence-corrected chi connectivity index (χ4v) is 2.97. The van der Waals surface area contributed by atoms with Gasteiger partial charge in [-0.3, -0.25) is 4.79 Å². The number of hydrogen-bond donors (Lipinski definition) is 1. The van der Waals surface area contributed by atoms with Crippen molar-refractivity contribution in [2.75, 3.05) is 39.5 Å². The monoisotopic (exact) mass is 328 g/mol. The fraction of sp³-hybridized carbons (Fsp3) is 0.875. The molecule has 2 heterocycles. The highest BCUT2D eigenvalue weighted by Gasteiger charge is 2.36. The zero-order valence-corrected chi connectivity index (χ0v) is 14.3. The van der Waals surface area contributed by atoms with E-state index in [-0.39, 0.29) is 24.5 Å². The number of carbonyl (C=O) groups excluding carboxylic acids is 2. The van der Waals surface area contributed by atoms with Crippen molar-refractivity contribution in [1.29, 1.82) is 0 Å². The Hall–Kier alpha value is -1.34. The molecule has 0 saturated carbocycles. The number of ether oxygens (including phenoxy) is 2. The van der Waals surface area contributed by atoms with Crippen molar-refractivity contribution in [3.63, 3.8) is 0 Å². The van der Waals surface area contributed by atoms with E-state index in [9.17, 15) is 14.7 Å². The lowest BCUT2D eigenvalue weighted by Gasteiger charge is -2.42. The summed E-state index contributed by atoms with van der Waals surface area (Å²) in [5.74, 6) is 0.0297. The number of aliphatic hydroxyl groups is 1. The second-order valence-corrected chi connectivity index (χ2v) is 7.18. The number of piperazine rings is 1. The van der Waals surface area contributed by atoms with Gasteiger partial charge in [0.05, 0.1) is 12.6 Å². The van der Waals surface area contributed by atoms with E-state index in [4.69, 9.17) is 9.47 Å². The van der Waals surface area contributed by atoms with Gasteiger partial charge in [-0.15, -0.1) is 0 Å². The summed E-state index contributed by atoms with van der Waals surface area (Å²) in [4.78, 5) is 28.1. The molecule has 2 saturated heterocycles. The number of aliphatic hydroxyl groups excluding tert-OH is 1. The normalized spacial score (nSPS) is 23.7. The van der Waals surface area contributed by atoms with E-state index in [1.807, 2.05) is 20.8 Å². The minimum atomic E-state index is -0.555. The van der Waals surface area contributed by atoms with Crippen LogP contribution < -0.4 is 0 Å². The maximum Gasteiger partial charge on any atom is 0.410 e. The molecule has 1 N–H and O–H groups in total. The van der Waals surface area contributed by atoms with Gasteiger partial charge in [0, 0.05) is 38.8 Å². The maximum atomic E-state index is 12.7. The van der Waals surface area contributed by atoms with Crippen LogP contribution in [-0.2, 0) is 14.3 Å². The molecule has 1 unspecified atom stereocenters. The van der Waals surface area contributed by atoms with Gasteiger partial charge >= 0.3 is 6.09 Å². The third-order valence-electron chi connectivity index (χ3n) is 4.20. The lowest BCUT2D eigenvalue weighted by Crippen LogP contribution is -2.59. The molecular weight excluding hydrogens is 300 g/mol. The number of rotatable bonds is 2. The topological polar surface area (TPSA) is 79.3 Å². The number of carbonyl (C=O) groups is 2. The maximum absolute atomic E-state index is 12.7. The van der Waals surface area contributed by atoms with Crippen molar-refractivity contribution < 1.29 is 24.2 Å². The number of nitrogens with zero attached hydrogens (tertiary/aromatic N) is 2. The Balaban J connectivity index is 1.95. The van der Waals surface area contributed by atoms with Gasteiger partial charge in [0.15, 0.2) is 0 Å². The van der Waals surface area contributed by atoms with Gasteiger partial charge in [-0.1, -0.05) is 0 Å². The molecule has 0 aromatic rings. The number of amides is 2. The Bertz CT molecular complexity index is 429. The van der Waals surface area contributed by atoms with Gasteiger partial charge < -0.3 is 24.4 Å². The second-order valence-electron chi connectivity index (χ2n) is 7.18. The lowest BCUT2D eigenvalue weighted by molar-refractivity contribution is -0.144. The van der Waals surface area contributed by atoms with Gasteiger partial charge in [0.25, 0.3) is 0 Å². The van der Waals surface area contributed by atoms with Crippen molar-refractivity contribution in [2.24, 2.45) is 5.92 Å². The van der Waals surface area contributed by atoms with Crippen LogP contribution in [0, 0.1) is 5.92 Å². The molecule has 2 aliphatic heterocycles. The highest BCUT2D eigenvalue weighted by Crippen LogP contribution is 2.22. The first kappa shape index (κ1) is 18.0. The summed E-state index contributed by atoms with van der Waals surface area (Å²) in [6, 6.07) is -0.369. The van der Waals surface area contributed by atoms with Crippen molar-refractivity contribution in [3.05, 3.63) is 0 Å². The average Bonchev–Trinajstić information content (AvgIpc) is 2.52. The molecule has 0 aliphatic carbocycles. The van der Waals surface area contributed by atoms with Crippen LogP contribution in [0.25, 0.3) is 0 Å². The second kappa shape index (κ2) is 7.49. The Kier molecular flexibility index (Phi) is 5.86. The van der Waals surface area contributed by atoms with Gasteiger partial charge in [-0.05, 0) is 33.6 Å². The van der Waals surface area contributed by atoms with E-state index in [0.29, 0.717) is 32.8 Å². The molecule has 2 fully saturated rings. The first-order valence-electron chi connectivity index (χ1n) is 8.29. The third-order valence-corrected chi connectivity index (χ3v) is 4.20. The van der Waals surface area contributed by atoms with Crippen molar-refractivity contribution in [3.8, 4) is 0 Å². The Morgan fingerprint density at radius 1 is 1.22 bits per heavy atom. The van der Waals surface area contributed by atoms with E-state index < -0.39 is 11.7 Å². The molecule has 0 aromatic heterocycles. The molecular formula is C16H28N2O5. The summed E-state index contributed by atoms with van der Waals surface area (Å²) >= 11 is 0. The molecule has 7 heteroatoms. The van der Waals surface area contributed by atoms with Crippen LogP contribution in [0.4, 0.5) is 4.79 Å². The minimum absolute atomic E-state index is 0.0362. The molecule has 7 nitrogen and oxygen atoms in total. The smallest absolute Gasteiger partial charge is 0.410 e. The van der Waals surface area contributed by atoms with Crippen LogP contribution in [0.2, 0.25) is 0 Å². The molecule has 2 aliphatic rings. The standard InChI is InChI=1S/C16H28N2O5/c1-16(2,3)23-15(21)17-6-7-18(13(10-17)11-19)14(20)12-4-8-22-9-5-12/h12-13,19H,4-11H2,1-3H3. The predicted octanol–water partition coefficient (Wildman–Crippen LogP) is 0.853. The summed E-state index contributed by atoms with van der Waals surface area (Å²) in [6.45, 7) is 7.68. The van der Waals surface area contributed by atoms with Crippen LogP contribution in [0.1, 0.15) is 33.6 Å².